The van der Waals surface area contributed by atoms with Gasteiger partial charge in [-0.3, -0.25) is 14.5 Å². The zero-order valence-corrected chi connectivity index (χ0v) is 20.4. The fourth-order valence-corrected chi connectivity index (χ4v) is 3.86. The molecular formula is C26H26N4O6. The van der Waals surface area contributed by atoms with Crippen molar-refractivity contribution in [2.24, 2.45) is 4.99 Å². The monoisotopic (exact) mass is 490 g/mol. The van der Waals surface area contributed by atoms with Gasteiger partial charge in [-0.15, -0.1) is 0 Å². The van der Waals surface area contributed by atoms with Crippen LogP contribution in [-0.2, 0) is 9.59 Å². The van der Waals surface area contributed by atoms with Crippen LogP contribution in [0.5, 0.6) is 23.0 Å². The number of fused-ring (bicyclic) bond motifs is 1. The number of anilines is 2. The standard InChI is InChI=1S/C26H26N4O6/c1-33-18-8-5-7-16(11-18)20-14-24(32)30(26-19(29-20)9-6-10-27-26)15-23(31)28-17-12-21(34-2)25(36-4)22(13-17)35-3/h5-13H,14-15H2,1-4H3,(H,28,31). The molecule has 0 spiro atoms. The minimum Gasteiger partial charge on any atom is -0.497 e. The van der Waals surface area contributed by atoms with Gasteiger partial charge in [0.05, 0.1) is 40.6 Å². The van der Waals surface area contributed by atoms with Crippen LogP contribution in [0.25, 0.3) is 0 Å². The third-order valence-corrected chi connectivity index (χ3v) is 5.55. The number of rotatable bonds is 8. The number of aromatic nitrogens is 1. The molecule has 1 N–H and O–H groups in total. The van der Waals surface area contributed by atoms with E-state index in [1.807, 2.05) is 24.3 Å². The second kappa shape index (κ2) is 10.8. The van der Waals surface area contributed by atoms with Crippen molar-refractivity contribution in [1.82, 2.24) is 4.98 Å². The van der Waals surface area contributed by atoms with Crippen molar-refractivity contribution in [3.8, 4) is 23.0 Å². The maximum atomic E-state index is 13.3. The highest BCUT2D eigenvalue weighted by atomic mass is 16.5. The van der Waals surface area contributed by atoms with Crippen LogP contribution in [0, 0.1) is 0 Å². The van der Waals surface area contributed by atoms with E-state index in [0.29, 0.717) is 45.9 Å². The van der Waals surface area contributed by atoms with Crippen molar-refractivity contribution < 1.29 is 28.5 Å². The largest absolute Gasteiger partial charge is 0.497 e. The summed E-state index contributed by atoms with van der Waals surface area (Å²) in [5.74, 6) is 1.40. The first-order valence-corrected chi connectivity index (χ1v) is 11.0. The van der Waals surface area contributed by atoms with Crippen LogP contribution >= 0.6 is 0 Å². The van der Waals surface area contributed by atoms with Gasteiger partial charge in [0, 0.05) is 29.6 Å². The Morgan fingerprint density at radius 2 is 1.72 bits per heavy atom. The van der Waals surface area contributed by atoms with Gasteiger partial charge in [-0.2, -0.15) is 0 Å². The average molecular weight is 491 g/mol. The lowest BCUT2D eigenvalue weighted by Crippen LogP contribution is -2.39. The minimum atomic E-state index is -0.431. The summed E-state index contributed by atoms with van der Waals surface area (Å²) < 4.78 is 21.3. The molecule has 1 aliphatic rings. The second-order valence-corrected chi connectivity index (χ2v) is 7.76. The zero-order valence-electron chi connectivity index (χ0n) is 20.4. The van der Waals surface area contributed by atoms with Gasteiger partial charge in [0.15, 0.2) is 17.3 Å². The average Bonchev–Trinajstić information content (AvgIpc) is 3.04. The normalized spacial score (nSPS) is 12.7. The lowest BCUT2D eigenvalue weighted by atomic mass is 10.1. The third-order valence-electron chi connectivity index (χ3n) is 5.55. The highest BCUT2D eigenvalue weighted by molar-refractivity contribution is 6.18. The van der Waals surface area contributed by atoms with E-state index in [1.54, 1.807) is 37.6 Å². The molecular weight excluding hydrogens is 464 g/mol. The Bertz CT molecular complexity index is 1300. The van der Waals surface area contributed by atoms with Gasteiger partial charge in [-0.25, -0.2) is 9.98 Å². The minimum absolute atomic E-state index is 0.0129. The first kappa shape index (κ1) is 24.5. The van der Waals surface area contributed by atoms with Crippen LogP contribution in [0.4, 0.5) is 17.2 Å². The smallest absolute Gasteiger partial charge is 0.244 e. The number of amides is 2. The summed E-state index contributed by atoms with van der Waals surface area (Å²) in [4.78, 5) is 36.7. The summed E-state index contributed by atoms with van der Waals surface area (Å²) in [6, 6.07) is 14.0. The quantitative estimate of drug-likeness (QED) is 0.513. The van der Waals surface area contributed by atoms with Gasteiger partial charge in [-0.1, -0.05) is 12.1 Å². The van der Waals surface area contributed by atoms with E-state index in [1.165, 1.54) is 26.2 Å². The van der Waals surface area contributed by atoms with Crippen LogP contribution in [0.1, 0.15) is 12.0 Å². The lowest BCUT2D eigenvalue weighted by molar-refractivity contribution is -0.120. The maximum absolute atomic E-state index is 13.3. The number of carbonyl (C=O) groups is 2. The summed E-state index contributed by atoms with van der Waals surface area (Å²) in [5, 5.41) is 2.79. The molecule has 0 unspecified atom stereocenters. The number of aliphatic imine (C=N–C) groups is 1. The van der Waals surface area contributed by atoms with E-state index in [9.17, 15) is 9.59 Å². The predicted molar refractivity (Wildman–Crippen MR) is 135 cm³/mol. The molecule has 2 heterocycles. The molecule has 0 aliphatic carbocycles. The molecule has 1 aromatic heterocycles. The maximum Gasteiger partial charge on any atom is 0.244 e. The predicted octanol–water partition coefficient (Wildman–Crippen LogP) is 3.61. The molecule has 3 aromatic rings. The SMILES string of the molecule is COc1cccc(C2=Nc3cccnc3N(CC(=O)Nc3cc(OC)c(OC)c(OC)c3)C(=O)C2)c1. The number of nitrogens with zero attached hydrogens (tertiary/aromatic N) is 3. The van der Waals surface area contributed by atoms with Crippen molar-refractivity contribution in [3.05, 3.63) is 60.3 Å². The van der Waals surface area contributed by atoms with Crippen molar-refractivity contribution in [1.29, 1.82) is 0 Å². The molecule has 0 bridgehead atoms. The van der Waals surface area contributed by atoms with Gasteiger partial charge in [-0.05, 0) is 24.3 Å². The summed E-state index contributed by atoms with van der Waals surface area (Å²) in [5.41, 5.74) is 2.22. The molecule has 10 heteroatoms. The van der Waals surface area contributed by atoms with Crippen molar-refractivity contribution >= 4 is 34.7 Å². The second-order valence-electron chi connectivity index (χ2n) is 7.76. The Kier molecular flexibility index (Phi) is 7.33. The van der Waals surface area contributed by atoms with E-state index >= 15 is 0 Å². The number of benzene rings is 2. The number of carbonyl (C=O) groups excluding carboxylic acids is 2. The van der Waals surface area contributed by atoms with Gasteiger partial charge in [0.25, 0.3) is 0 Å². The zero-order chi connectivity index (χ0) is 25.7. The van der Waals surface area contributed by atoms with Gasteiger partial charge in [0.1, 0.15) is 18.0 Å². The van der Waals surface area contributed by atoms with E-state index < -0.39 is 5.91 Å². The molecule has 2 amide bonds. The van der Waals surface area contributed by atoms with E-state index in [2.05, 4.69) is 10.3 Å². The van der Waals surface area contributed by atoms with Crippen LogP contribution in [0.3, 0.4) is 0 Å². The fraction of sp³-hybridized carbons (Fsp3) is 0.231. The molecule has 1 aliphatic heterocycles. The number of hydrogen-bond donors (Lipinski definition) is 1. The van der Waals surface area contributed by atoms with Crippen molar-refractivity contribution in [3.63, 3.8) is 0 Å². The van der Waals surface area contributed by atoms with Crippen LogP contribution in [-0.4, -0.2) is 57.5 Å². The first-order chi connectivity index (χ1) is 17.5. The van der Waals surface area contributed by atoms with Crippen molar-refractivity contribution in [2.75, 3.05) is 45.2 Å². The number of hydrogen-bond acceptors (Lipinski definition) is 8. The van der Waals surface area contributed by atoms with E-state index in [0.717, 1.165) is 5.56 Å². The van der Waals surface area contributed by atoms with Crippen LogP contribution in [0.15, 0.2) is 59.7 Å². The van der Waals surface area contributed by atoms with E-state index in [-0.39, 0.29) is 18.9 Å². The summed E-state index contributed by atoms with van der Waals surface area (Å²) in [6.45, 7) is -0.263. The molecule has 36 heavy (non-hydrogen) atoms. The first-order valence-electron chi connectivity index (χ1n) is 11.0. The molecule has 0 fully saturated rings. The Hall–Kier alpha value is -4.60. The Balaban J connectivity index is 1.60. The molecule has 0 radical (unpaired) electrons. The molecule has 0 saturated carbocycles. The summed E-state index contributed by atoms with van der Waals surface area (Å²) in [7, 11) is 6.05. The van der Waals surface area contributed by atoms with Gasteiger partial charge >= 0.3 is 0 Å². The molecule has 4 rings (SSSR count). The molecule has 0 saturated heterocycles. The van der Waals surface area contributed by atoms with Gasteiger partial charge in [0.2, 0.25) is 17.6 Å². The Morgan fingerprint density at radius 3 is 2.39 bits per heavy atom. The number of methoxy groups -OCH3 is 4. The van der Waals surface area contributed by atoms with Crippen LogP contribution < -0.4 is 29.2 Å². The van der Waals surface area contributed by atoms with Crippen molar-refractivity contribution in [2.45, 2.75) is 6.42 Å². The Morgan fingerprint density at radius 1 is 0.972 bits per heavy atom. The number of pyridine rings is 1. The highest BCUT2D eigenvalue weighted by Crippen LogP contribution is 2.40. The Labute approximate surface area is 208 Å². The van der Waals surface area contributed by atoms with Crippen LogP contribution in [0.2, 0.25) is 0 Å². The summed E-state index contributed by atoms with van der Waals surface area (Å²) in [6.07, 6.45) is 1.54. The van der Waals surface area contributed by atoms with E-state index in [4.69, 9.17) is 23.9 Å². The molecule has 186 valence electrons. The highest BCUT2D eigenvalue weighted by Gasteiger charge is 2.28. The topological polar surface area (TPSA) is 112 Å². The number of nitrogens with one attached hydrogen (secondary N) is 1. The van der Waals surface area contributed by atoms with Gasteiger partial charge < -0.3 is 24.3 Å². The molecule has 10 nitrogen and oxygen atoms in total. The lowest BCUT2D eigenvalue weighted by Gasteiger charge is -2.21. The number of ether oxygens (including phenoxy) is 4. The third kappa shape index (κ3) is 5.07. The summed E-state index contributed by atoms with van der Waals surface area (Å²) >= 11 is 0. The molecule has 2 aromatic carbocycles. The fourth-order valence-electron chi connectivity index (χ4n) is 3.86. The molecule has 0 atom stereocenters.